The number of nitrogens with zero attached hydrogens (tertiary/aromatic N) is 1. The maximum absolute atomic E-state index is 10.5. The van der Waals surface area contributed by atoms with Crippen LogP contribution in [0.4, 0.5) is 0 Å². The Morgan fingerprint density at radius 1 is 1.45 bits per heavy atom. The molecule has 1 heterocycles. The molecule has 0 radical (unpaired) electrons. The fourth-order valence-corrected chi connectivity index (χ4v) is 1.60. The first kappa shape index (κ1) is 8.49. The number of rotatable bonds is 1. The molecule has 0 aliphatic carbocycles. The summed E-state index contributed by atoms with van der Waals surface area (Å²) in [7, 11) is 3.85. The van der Waals surface area contributed by atoms with Gasteiger partial charge in [-0.1, -0.05) is 0 Å². The number of carboxylic acid groups (broad SMARTS) is 1. The first-order chi connectivity index (χ1) is 4.92. The molecule has 2 atom stereocenters. The number of hydrogen-bond donors (Lipinski definition) is 2. The zero-order valence-electron chi connectivity index (χ0n) is 6.82. The highest BCUT2D eigenvalue weighted by Gasteiger charge is 2.43. The lowest BCUT2D eigenvalue weighted by molar-refractivity contribution is -0.880. The lowest BCUT2D eigenvalue weighted by atomic mass is 10.1. The summed E-state index contributed by atoms with van der Waals surface area (Å²) in [6.07, 6.45) is -0.678. The molecule has 64 valence electrons. The van der Waals surface area contributed by atoms with E-state index in [1.165, 1.54) is 0 Å². The van der Waals surface area contributed by atoms with E-state index in [0.29, 0.717) is 17.6 Å². The molecule has 0 amide bonds. The predicted octanol–water partition coefficient (Wildman–Crippen LogP) is -0.862. The number of likely N-dealkylation sites (N-methyl/N-ethyl adjacent to an activating group) is 1. The second kappa shape index (κ2) is 2.46. The highest BCUT2D eigenvalue weighted by molar-refractivity contribution is 5.71. The van der Waals surface area contributed by atoms with Gasteiger partial charge in [-0.3, -0.25) is 4.79 Å². The second-order valence-corrected chi connectivity index (χ2v) is 3.81. The zero-order chi connectivity index (χ0) is 8.65. The molecular formula is C7H14NO3+. The summed E-state index contributed by atoms with van der Waals surface area (Å²) in [4.78, 5) is 10.5. The van der Waals surface area contributed by atoms with E-state index in [2.05, 4.69) is 0 Å². The summed E-state index contributed by atoms with van der Waals surface area (Å²) in [5, 5.41) is 17.9. The van der Waals surface area contributed by atoms with Gasteiger partial charge in [0, 0.05) is 0 Å². The van der Waals surface area contributed by atoms with Crippen LogP contribution in [0, 0.1) is 5.92 Å². The van der Waals surface area contributed by atoms with E-state index in [1.807, 2.05) is 14.1 Å². The fourth-order valence-electron chi connectivity index (χ4n) is 1.60. The Morgan fingerprint density at radius 3 is 2.18 bits per heavy atom. The van der Waals surface area contributed by atoms with Crippen molar-refractivity contribution in [3.63, 3.8) is 0 Å². The van der Waals surface area contributed by atoms with Crippen LogP contribution in [0.5, 0.6) is 0 Å². The molecule has 1 fully saturated rings. The Hall–Kier alpha value is -0.610. The van der Waals surface area contributed by atoms with E-state index < -0.39 is 18.0 Å². The number of aliphatic carboxylic acids is 1. The van der Waals surface area contributed by atoms with Gasteiger partial charge in [0.1, 0.15) is 18.6 Å². The van der Waals surface area contributed by atoms with Crippen LogP contribution in [0.25, 0.3) is 0 Å². The summed E-state index contributed by atoms with van der Waals surface area (Å²) >= 11 is 0. The average molecular weight is 160 g/mol. The lowest BCUT2D eigenvalue weighted by Crippen LogP contribution is -2.37. The molecule has 1 saturated heterocycles. The van der Waals surface area contributed by atoms with Crippen molar-refractivity contribution in [1.29, 1.82) is 0 Å². The van der Waals surface area contributed by atoms with E-state index in [1.54, 1.807) is 0 Å². The molecular weight excluding hydrogens is 146 g/mol. The van der Waals surface area contributed by atoms with E-state index in [-0.39, 0.29) is 0 Å². The minimum Gasteiger partial charge on any atom is -0.481 e. The number of carbonyl (C=O) groups is 1. The van der Waals surface area contributed by atoms with E-state index in [4.69, 9.17) is 5.11 Å². The highest BCUT2D eigenvalue weighted by Crippen LogP contribution is 2.20. The van der Waals surface area contributed by atoms with Gasteiger partial charge in [-0.15, -0.1) is 0 Å². The van der Waals surface area contributed by atoms with Crippen molar-refractivity contribution >= 4 is 5.97 Å². The minimum absolute atomic E-state index is 0.524. The molecule has 2 unspecified atom stereocenters. The van der Waals surface area contributed by atoms with Crippen LogP contribution in [0.3, 0.4) is 0 Å². The van der Waals surface area contributed by atoms with Gasteiger partial charge in [-0.2, -0.15) is 0 Å². The van der Waals surface area contributed by atoms with Crippen molar-refractivity contribution in [2.45, 2.75) is 6.10 Å². The van der Waals surface area contributed by atoms with E-state index >= 15 is 0 Å². The van der Waals surface area contributed by atoms with Gasteiger partial charge >= 0.3 is 5.97 Å². The third-order valence-electron chi connectivity index (χ3n) is 2.15. The Balaban J connectivity index is 2.66. The van der Waals surface area contributed by atoms with Crippen molar-refractivity contribution in [2.24, 2.45) is 5.92 Å². The molecule has 11 heavy (non-hydrogen) atoms. The molecule has 0 aromatic carbocycles. The van der Waals surface area contributed by atoms with Crippen LogP contribution in [-0.2, 0) is 4.79 Å². The first-order valence-electron chi connectivity index (χ1n) is 3.65. The van der Waals surface area contributed by atoms with Crippen LogP contribution in [0.2, 0.25) is 0 Å². The molecule has 1 aliphatic heterocycles. The smallest absolute Gasteiger partial charge is 0.315 e. The van der Waals surface area contributed by atoms with Crippen molar-refractivity contribution in [3.05, 3.63) is 0 Å². The van der Waals surface area contributed by atoms with Crippen molar-refractivity contribution in [3.8, 4) is 0 Å². The van der Waals surface area contributed by atoms with Crippen LogP contribution in [0.1, 0.15) is 0 Å². The van der Waals surface area contributed by atoms with Gasteiger partial charge in [0.05, 0.1) is 20.6 Å². The monoisotopic (exact) mass is 160 g/mol. The Kier molecular flexibility index (Phi) is 1.90. The maximum atomic E-state index is 10.5. The number of hydrogen-bond acceptors (Lipinski definition) is 2. The summed E-state index contributed by atoms with van der Waals surface area (Å²) in [6.45, 7) is 1.06. The van der Waals surface area contributed by atoms with Crippen LogP contribution >= 0.6 is 0 Å². The number of aliphatic hydroxyl groups excluding tert-OH is 1. The molecule has 1 aliphatic rings. The maximum Gasteiger partial charge on any atom is 0.315 e. The highest BCUT2D eigenvalue weighted by atomic mass is 16.4. The molecule has 4 nitrogen and oxygen atoms in total. The topological polar surface area (TPSA) is 57.5 Å². The Labute approximate surface area is 65.6 Å². The van der Waals surface area contributed by atoms with Crippen molar-refractivity contribution in [2.75, 3.05) is 27.2 Å². The fraction of sp³-hybridized carbons (Fsp3) is 0.857. The molecule has 4 heteroatoms. The Bertz CT molecular complexity index is 179. The van der Waals surface area contributed by atoms with Gasteiger partial charge in [0.15, 0.2) is 0 Å². The van der Waals surface area contributed by atoms with Crippen LogP contribution < -0.4 is 0 Å². The van der Waals surface area contributed by atoms with Crippen molar-refractivity contribution in [1.82, 2.24) is 0 Å². The minimum atomic E-state index is -0.888. The van der Waals surface area contributed by atoms with Gasteiger partial charge in [0.2, 0.25) is 0 Å². The average Bonchev–Trinajstić information content (AvgIpc) is 2.05. The first-order valence-corrected chi connectivity index (χ1v) is 3.65. The van der Waals surface area contributed by atoms with Crippen LogP contribution in [0.15, 0.2) is 0 Å². The second-order valence-electron chi connectivity index (χ2n) is 3.81. The summed E-state index contributed by atoms with van der Waals surface area (Å²) in [6, 6.07) is 0. The van der Waals surface area contributed by atoms with Crippen LogP contribution in [-0.4, -0.2) is 54.0 Å². The van der Waals surface area contributed by atoms with Crippen molar-refractivity contribution < 1.29 is 19.5 Å². The third kappa shape index (κ3) is 1.70. The number of aliphatic hydroxyl groups is 1. The van der Waals surface area contributed by atoms with Gasteiger partial charge in [-0.05, 0) is 0 Å². The quantitative estimate of drug-likeness (QED) is 0.491. The van der Waals surface area contributed by atoms with Gasteiger partial charge in [-0.25, -0.2) is 0 Å². The lowest BCUT2D eigenvalue weighted by Gasteiger charge is -2.22. The SMILES string of the molecule is C[N+]1(C)CC(O)C(C(=O)O)C1. The predicted molar refractivity (Wildman–Crippen MR) is 39.0 cm³/mol. The summed E-state index contributed by atoms with van der Waals surface area (Å²) in [5.74, 6) is -1.47. The number of carboxylic acids is 1. The standard InChI is InChI=1S/C7H13NO3/c1-8(2)3-5(7(10)11)6(9)4-8/h5-6,9H,3-4H2,1-2H3/p+1. The normalized spacial score (nSPS) is 35.5. The molecule has 0 aromatic heterocycles. The van der Waals surface area contributed by atoms with E-state index in [0.717, 1.165) is 0 Å². The molecule has 1 rings (SSSR count). The molecule has 2 N–H and O–H groups in total. The zero-order valence-corrected chi connectivity index (χ0v) is 6.82. The summed E-state index contributed by atoms with van der Waals surface area (Å²) in [5.41, 5.74) is 0. The molecule has 0 saturated carbocycles. The molecule has 0 bridgehead atoms. The van der Waals surface area contributed by atoms with Gasteiger partial charge < -0.3 is 14.7 Å². The van der Waals surface area contributed by atoms with E-state index in [9.17, 15) is 9.90 Å². The largest absolute Gasteiger partial charge is 0.481 e. The number of quaternary nitrogens is 1. The van der Waals surface area contributed by atoms with Gasteiger partial charge in [0.25, 0.3) is 0 Å². The number of likely N-dealkylation sites (tertiary alicyclic amines) is 1. The Morgan fingerprint density at radius 2 is 2.00 bits per heavy atom. The molecule has 0 spiro atoms. The summed E-state index contributed by atoms with van der Waals surface area (Å²) < 4.78 is 0.595. The molecule has 0 aromatic rings. The third-order valence-corrected chi connectivity index (χ3v) is 2.15.